The van der Waals surface area contributed by atoms with E-state index >= 15 is 0 Å². The van der Waals surface area contributed by atoms with Crippen LogP contribution >= 0.6 is 15.9 Å². The molecule has 0 radical (unpaired) electrons. The Kier molecular flexibility index (Phi) is 4.01. The molecule has 2 N–H and O–H groups in total. The fraction of sp³-hybridized carbons (Fsp3) is 0.385. The Labute approximate surface area is 114 Å². The smallest absolute Gasteiger partial charge is 0.335 e. The highest BCUT2D eigenvalue weighted by Gasteiger charge is 2.21. The van der Waals surface area contributed by atoms with Crippen molar-refractivity contribution in [3.8, 4) is 0 Å². The number of nitrogens with one attached hydrogen (secondary N) is 1. The summed E-state index contributed by atoms with van der Waals surface area (Å²) in [5.74, 6) is -0.478. The van der Waals surface area contributed by atoms with Gasteiger partial charge < -0.3 is 10.4 Å². The van der Waals surface area contributed by atoms with Crippen molar-refractivity contribution in [3.05, 3.63) is 28.2 Å². The topological polar surface area (TPSA) is 66.4 Å². The average molecular weight is 312 g/mol. The second-order valence-corrected chi connectivity index (χ2v) is 5.40. The molecular weight excluding hydrogens is 298 g/mol. The number of carbonyl (C=O) groups excluding carboxylic acids is 1. The summed E-state index contributed by atoms with van der Waals surface area (Å²) in [5, 5.41) is 11.6. The molecule has 0 spiro atoms. The van der Waals surface area contributed by atoms with E-state index in [4.69, 9.17) is 5.11 Å². The monoisotopic (exact) mass is 311 g/mol. The minimum Gasteiger partial charge on any atom is -0.478 e. The maximum Gasteiger partial charge on any atom is 0.335 e. The van der Waals surface area contributed by atoms with Gasteiger partial charge in [-0.2, -0.15) is 0 Å². The molecule has 0 heterocycles. The van der Waals surface area contributed by atoms with E-state index in [1.807, 2.05) is 0 Å². The minimum absolute atomic E-state index is 0.0107. The number of amides is 1. The highest BCUT2D eigenvalue weighted by atomic mass is 79.9. The Balaban J connectivity index is 2.00. The van der Waals surface area contributed by atoms with Gasteiger partial charge in [0, 0.05) is 10.9 Å². The van der Waals surface area contributed by atoms with Gasteiger partial charge in [-0.05, 0) is 52.9 Å². The van der Waals surface area contributed by atoms with Crippen LogP contribution in [-0.2, 0) is 4.79 Å². The van der Waals surface area contributed by atoms with Gasteiger partial charge in [0.25, 0.3) is 0 Å². The molecule has 1 aliphatic carbocycles. The van der Waals surface area contributed by atoms with E-state index in [0.29, 0.717) is 22.5 Å². The number of halogens is 1. The molecule has 1 fully saturated rings. The third-order valence-corrected chi connectivity index (χ3v) is 3.85. The SMILES string of the molecule is O=C(CC1CCC1)Nc1ccc(C(=O)O)cc1Br. The van der Waals surface area contributed by atoms with Crippen molar-refractivity contribution < 1.29 is 14.7 Å². The van der Waals surface area contributed by atoms with Crippen molar-refractivity contribution in [3.63, 3.8) is 0 Å². The quantitative estimate of drug-likeness (QED) is 0.896. The lowest BCUT2D eigenvalue weighted by atomic mass is 9.83. The standard InChI is InChI=1S/C13H14BrNO3/c14-10-7-9(13(17)18)4-5-11(10)15-12(16)6-8-2-1-3-8/h4-5,7-8H,1-3,6H2,(H,15,16)(H,17,18). The van der Waals surface area contributed by atoms with Crippen molar-refractivity contribution in [2.45, 2.75) is 25.7 Å². The summed E-state index contributed by atoms with van der Waals surface area (Å²) in [5.41, 5.74) is 0.809. The van der Waals surface area contributed by atoms with Crippen molar-refractivity contribution >= 4 is 33.5 Å². The van der Waals surface area contributed by atoms with E-state index in [9.17, 15) is 9.59 Å². The molecule has 18 heavy (non-hydrogen) atoms. The van der Waals surface area contributed by atoms with Gasteiger partial charge in [-0.1, -0.05) is 6.42 Å². The first kappa shape index (κ1) is 13.1. The zero-order chi connectivity index (χ0) is 13.1. The van der Waals surface area contributed by atoms with Gasteiger partial charge in [0.15, 0.2) is 0 Å². The van der Waals surface area contributed by atoms with Gasteiger partial charge in [-0.3, -0.25) is 4.79 Å². The van der Waals surface area contributed by atoms with Crippen LogP contribution < -0.4 is 5.32 Å². The van der Waals surface area contributed by atoms with Gasteiger partial charge in [0.1, 0.15) is 0 Å². The molecule has 1 aromatic rings. The molecule has 1 amide bonds. The Morgan fingerprint density at radius 2 is 2.11 bits per heavy atom. The number of aromatic carboxylic acids is 1. The number of hydrogen-bond acceptors (Lipinski definition) is 2. The third-order valence-electron chi connectivity index (χ3n) is 3.19. The summed E-state index contributed by atoms with van der Waals surface area (Å²) in [6.07, 6.45) is 4.03. The molecule has 0 bridgehead atoms. The second kappa shape index (κ2) is 5.52. The van der Waals surface area contributed by atoms with Crippen LogP contribution in [0.25, 0.3) is 0 Å². The predicted octanol–water partition coefficient (Wildman–Crippen LogP) is 3.28. The molecular formula is C13H14BrNO3. The van der Waals surface area contributed by atoms with Crippen LogP contribution in [-0.4, -0.2) is 17.0 Å². The zero-order valence-electron chi connectivity index (χ0n) is 9.78. The van der Waals surface area contributed by atoms with Gasteiger partial charge in [0.2, 0.25) is 5.91 Å². The van der Waals surface area contributed by atoms with Crippen molar-refractivity contribution in [2.75, 3.05) is 5.32 Å². The fourth-order valence-electron chi connectivity index (χ4n) is 1.91. The van der Waals surface area contributed by atoms with Gasteiger partial charge >= 0.3 is 5.97 Å². The first-order chi connectivity index (χ1) is 8.56. The molecule has 4 nitrogen and oxygen atoms in total. The van der Waals surface area contributed by atoms with E-state index in [-0.39, 0.29) is 11.5 Å². The lowest BCUT2D eigenvalue weighted by Crippen LogP contribution is -2.21. The molecule has 1 saturated carbocycles. The van der Waals surface area contributed by atoms with E-state index in [1.54, 1.807) is 6.07 Å². The van der Waals surface area contributed by atoms with Crippen LogP contribution in [0.1, 0.15) is 36.0 Å². The number of carbonyl (C=O) groups is 2. The summed E-state index contributed by atoms with van der Waals surface area (Å²) in [7, 11) is 0. The van der Waals surface area contributed by atoms with Crippen LogP contribution in [0.15, 0.2) is 22.7 Å². The largest absolute Gasteiger partial charge is 0.478 e. The summed E-state index contributed by atoms with van der Waals surface area (Å²) < 4.78 is 0.587. The highest BCUT2D eigenvalue weighted by molar-refractivity contribution is 9.10. The Bertz CT molecular complexity index is 483. The summed E-state index contributed by atoms with van der Waals surface area (Å²) >= 11 is 3.26. The first-order valence-corrected chi connectivity index (χ1v) is 6.68. The number of benzene rings is 1. The Hall–Kier alpha value is -1.36. The number of hydrogen-bond donors (Lipinski definition) is 2. The van der Waals surface area contributed by atoms with Crippen LogP contribution in [0.2, 0.25) is 0 Å². The second-order valence-electron chi connectivity index (χ2n) is 4.55. The molecule has 1 aromatic carbocycles. The maximum atomic E-state index is 11.7. The van der Waals surface area contributed by atoms with E-state index in [2.05, 4.69) is 21.2 Å². The van der Waals surface area contributed by atoms with E-state index < -0.39 is 5.97 Å². The summed E-state index contributed by atoms with van der Waals surface area (Å²) in [6, 6.07) is 4.57. The molecule has 2 rings (SSSR count). The number of carboxylic acid groups (broad SMARTS) is 1. The molecule has 5 heteroatoms. The molecule has 0 aliphatic heterocycles. The van der Waals surface area contributed by atoms with Gasteiger partial charge in [0.05, 0.1) is 11.3 Å². The normalized spacial score (nSPS) is 14.9. The predicted molar refractivity (Wildman–Crippen MR) is 71.7 cm³/mol. The summed E-state index contributed by atoms with van der Waals surface area (Å²) in [4.78, 5) is 22.5. The fourth-order valence-corrected chi connectivity index (χ4v) is 2.39. The summed E-state index contributed by atoms with van der Waals surface area (Å²) in [6.45, 7) is 0. The van der Waals surface area contributed by atoms with Crippen LogP contribution in [0.4, 0.5) is 5.69 Å². The van der Waals surface area contributed by atoms with Crippen LogP contribution in [0.3, 0.4) is 0 Å². The van der Waals surface area contributed by atoms with Crippen molar-refractivity contribution in [1.29, 1.82) is 0 Å². The Morgan fingerprint density at radius 1 is 1.39 bits per heavy atom. The highest BCUT2D eigenvalue weighted by Crippen LogP contribution is 2.30. The van der Waals surface area contributed by atoms with E-state index in [1.165, 1.54) is 18.6 Å². The number of anilines is 1. The zero-order valence-corrected chi connectivity index (χ0v) is 11.4. The molecule has 0 atom stereocenters. The average Bonchev–Trinajstić information content (AvgIpc) is 2.26. The molecule has 0 aromatic heterocycles. The number of carboxylic acids is 1. The van der Waals surface area contributed by atoms with Gasteiger partial charge in [-0.25, -0.2) is 4.79 Å². The minimum atomic E-state index is -0.983. The lowest BCUT2D eigenvalue weighted by molar-refractivity contribution is -0.117. The number of rotatable bonds is 4. The third kappa shape index (κ3) is 3.10. The molecule has 0 saturated heterocycles. The van der Waals surface area contributed by atoms with Gasteiger partial charge in [-0.15, -0.1) is 0 Å². The molecule has 96 valence electrons. The molecule has 1 aliphatic rings. The Morgan fingerprint density at radius 3 is 2.61 bits per heavy atom. The van der Waals surface area contributed by atoms with Crippen molar-refractivity contribution in [1.82, 2.24) is 0 Å². The van der Waals surface area contributed by atoms with Crippen LogP contribution in [0, 0.1) is 5.92 Å². The maximum absolute atomic E-state index is 11.7. The van der Waals surface area contributed by atoms with Crippen molar-refractivity contribution in [2.24, 2.45) is 5.92 Å². The first-order valence-electron chi connectivity index (χ1n) is 5.89. The molecule has 0 unspecified atom stereocenters. The van der Waals surface area contributed by atoms with E-state index in [0.717, 1.165) is 12.8 Å². The van der Waals surface area contributed by atoms with Crippen LogP contribution in [0.5, 0.6) is 0 Å². The lowest BCUT2D eigenvalue weighted by Gasteiger charge is -2.24.